The number of nitrogens with zero attached hydrogens (tertiary/aromatic N) is 4. The smallest absolute Gasteiger partial charge is 0.179 e. The highest BCUT2D eigenvalue weighted by Crippen LogP contribution is 2.61. The maximum absolute atomic E-state index is 4.34. The van der Waals surface area contributed by atoms with Crippen LogP contribution in [0.25, 0.3) is 38.6 Å². The summed E-state index contributed by atoms with van der Waals surface area (Å²) in [6, 6.07) is 71.9. The number of rotatable bonds is 7. The zero-order valence-electron chi connectivity index (χ0n) is 39.7. The van der Waals surface area contributed by atoms with Crippen LogP contribution in [-0.4, -0.2) is 28.1 Å². The third-order valence-corrected chi connectivity index (χ3v) is 22.7. The molecule has 1 aliphatic carbocycles. The van der Waals surface area contributed by atoms with Gasteiger partial charge < -0.3 is 9.47 Å². The minimum absolute atomic E-state index is 0.0320. The molecule has 0 spiro atoms. The lowest BCUT2D eigenvalue weighted by Gasteiger charge is -2.50. The van der Waals surface area contributed by atoms with Crippen molar-refractivity contribution in [1.29, 1.82) is 0 Å². The van der Waals surface area contributed by atoms with E-state index in [0.717, 1.165) is 16.8 Å². The van der Waals surface area contributed by atoms with Crippen LogP contribution in [-0.2, 0) is 10.8 Å². The number of hydrogen-bond donors (Lipinski definition) is 0. The summed E-state index contributed by atoms with van der Waals surface area (Å²) >= 11 is 1.89. The van der Waals surface area contributed by atoms with Gasteiger partial charge in [-0.3, -0.25) is 0 Å². The average molecular weight is 927 g/mol. The molecular weight excluding hydrogens is 873 g/mol. The lowest BCUT2D eigenvalue weighted by atomic mass is 9.61. The van der Waals surface area contributed by atoms with Gasteiger partial charge in [-0.15, -0.1) is 0 Å². The largest absolute Gasteiger partial charge is 0.334 e. The highest BCUT2D eigenvalue weighted by Gasteiger charge is 2.57. The molecule has 2 aromatic heterocycles. The third-order valence-electron chi connectivity index (χ3n) is 16.7. The minimum atomic E-state index is -2.72. The number of anilines is 2. The number of aromatic nitrogens is 3. The van der Waals surface area contributed by atoms with Crippen LogP contribution in [0.2, 0.25) is 0 Å². The Labute approximate surface area is 410 Å². The highest BCUT2D eigenvalue weighted by atomic mass is 32.2. The van der Waals surface area contributed by atoms with Crippen LogP contribution >= 0.6 is 11.8 Å². The molecule has 2 unspecified atom stereocenters. The zero-order valence-corrected chi connectivity index (χ0v) is 41.5. The normalized spacial score (nSPS) is 19.2. The monoisotopic (exact) mass is 926 g/mol. The predicted molar refractivity (Wildman–Crippen MR) is 291 cm³/mol. The molecule has 0 N–H and O–H groups in total. The lowest BCUT2D eigenvalue weighted by Crippen LogP contribution is -2.74. The van der Waals surface area contributed by atoms with Crippen molar-refractivity contribution in [2.24, 2.45) is 0 Å². The van der Waals surface area contributed by atoms with Crippen molar-refractivity contribution in [2.45, 2.75) is 79.5 Å². The molecule has 0 amide bonds. The molecule has 4 nitrogen and oxygen atoms in total. The molecule has 3 aliphatic rings. The summed E-state index contributed by atoms with van der Waals surface area (Å²) in [6.45, 7) is 9.87. The van der Waals surface area contributed by atoms with E-state index in [4.69, 9.17) is 0 Å². The van der Waals surface area contributed by atoms with Gasteiger partial charge in [0, 0.05) is 66.4 Å². The van der Waals surface area contributed by atoms with Crippen LogP contribution in [0.5, 0.6) is 0 Å². The second-order valence-corrected chi connectivity index (χ2v) is 25.4. The van der Waals surface area contributed by atoms with Crippen molar-refractivity contribution in [3.05, 3.63) is 223 Å². The van der Waals surface area contributed by atoms with Crippen LogP contribution < -0.4 is 25.6 Å². The van der Waals surface area contributed by atoms with Crippen LogP contribution in [0.3, 0.4) is 0 Å². The Morgan fingerprint density at radius 1 is 0.478 bits per heavy atom. The summed E-state index contributed by atoms with van der Waals surface area (Å²) in [5.41, 5.74) is 12.4. The topological polar surface area (TPSA) is 34.0 Å². The third kappa shape index (κ3) is 6.14. The maximum Gasteiger partial charge on any atom is 0.179 e. The molecule has 10 aromatic rings. The molecule has 69 heavy (non-hydrogen) atoms. The Morgan fingerprint density at radius 2 is 1.06 bits per heavy atom. The van der Waals surface area contributed by atoms with E-state index in [-0.39, 0.29) is 16.4 Å². The molecule has 1 saturated carbocycles. The first kappa shape index (κ1) is 42.1. The van der Waals surface area contributed by atoms with Crippen molar-refractivity contribution in [1.82, 2.24) is 14.5 Å². The summed E-state index contributed by atoms with van der Waals surface area (Å²) in [6.07, 6.45) is 10.3. The molecule has 0 bridgehead atoms. The fourth-order valence-corrected chi connectivity index (χ4v) is 19.3. The van der Waals surface area contributed by atoms with Crippen molar-refractivity contribution < 1.29 is 0 Å². The molecule has 0 radical (unpaired) electrons. The van der Waals surface area contributed by atoms with Crippen molar-refractivity contribution in [3.8, 4) is 16.8 Å². The first-order valence-electron chi connectivity index (χ1n) is 24.6. The average Bonchev–Trinajstić information content (AvgIpc) is 3.82. The molecule has 1 fully saturated rings. The van der Waals surface area contributed by atoms with Gasteiger partial charge in [0.05, 0.1) is 16.6 Å². The SMILES string of the molecule is CC1(C)c2ccc(-c3cncnc3)cc2Sc2cc3c(cc21)c1cc(N2c4ccccc4C4(C)CCCCC24C)ccc1n3-c1ccc([Si](c2ccccc2)(c2ccccc2)c2ccccc2)cc1. The van der Waals surface area contributed by atoms with Gasteiger partial charge in [0.1, 0.15) is 6.33 Å². The molecule has 2 atom stereocenters. The Bertz CT molecular complexity index is 3500. The second kappa shape index (κ2) is 15.8. The van der Waals surface area contributed by atoms with Gasteiger partial charge in [-0.2, -0.15) is 0 Å². The standard InChI is InChI=1S/C63H54N4SSi/c1-61(2)54-32-26-43(44-40-64-42-65-41-44)36-59(54)68-60-39-58-52(38-55(60)61)51-37-46(67-57-25-15-14-24-53(57)62(3)34-16-17-35-63(62,67)4)29-33-56(51)66(58)45-27-30-50(31-28-45)69(47-18-8-5-9-19-47,48-20-10-6-11-21-48)49-22-12-7-13-23-49/h5-15,18-33,36-42H,16-17,34-35H2,1-4H3. The van der Waals surface area contributed by atoms with E-state index in [0.29, 0.717) is 0 Å². The van der Waals surface area contributed by atoms with E-state index in [1.54, 1.807) is 6.33 Å². The number of para-hydroxylation sites is 1. The summed E-state index contributed by atoms with van der Waals surface area (Å²) in [5, 5.41) is 8.06. The fraction of sp³-hybridized carbons (Fsp3) is 0.175. The second-order valence-electron chi connectivity index (χ2n) is 20.5. The van der Waals surface area contributed by atoms with E-state index >= 15 is 0 Å². The number of hydrogen-bond acceptors (Lipinski definition) is 4. The summed E-state index contributed by atoms with van der Waals surface area (Å²) in [7, 11) is -2.72. The Morgan fingerprint density at radius 3 is 1.74 bits per heavy atom. The highest BCUT2D eigenvalue weighted by molar-refractivity contribution is 7.99. The number of fused-ring (bicyclic) bond motifs is 8. The van der Waals surface area contributed by atoms with Crippen LogP contribution in [0.4, 0.5) is 11.4 Å². The predicted octanol–water partition coefficient (Wildman–Crippen LogP) is 13.2. The van der Waals surface area contributed by atoms with Gasteiger partial charge in [-0.25, -0.2) is 9.97 Å². The summed E-state index contributed by atoms with van der Waals surface area (Å²) in [5.74, 6) is 0. The molecule has 8 aromatic carbocycles. The van der Waals surface area contributed by atoms with E-state index in [1.165, 1.54) is 106 Å². The molecular formula is C63H54N4SSi. The quantitative estimate of drug-likeness (QED) is 0.118. The van der Waals surface area contributed by atoms with Crippen LogP contribution in [0.1, 0.15) is 70.1 Å². The van der Waals surface area contributed by atoms with Gasteiger partial charge in [0.2, 0.25) is 0 Å². The van der Waals surface area contributed by atoms with Gasteiger partial charge in [-0.1, -0.05) is 179 Å². The lowest BCUT2D eigenvalue weighted by molar-refractivity contribution is 0.195. The van der Waals surface area contributed by atoms with Gasteiger partial charge in [-0.05, 0) is 117 Å². The Hall–Kier alpha value is -6.99. The first-order chi connectivity index (χ1) is 33.7. The van der Waals surface area contributed by atoms with Crippen LogP contribution in [0.15, 0.2) is 217 Å². The van der Waals surface area contributed by atoms with Gasteiger partial charge in [0.25, 0.3) is 0 Å². The van der Waals surface area contributed by atoms with Gasteiger partial charge >= 0.3 is 0 Å². The Kier molecular flexibility index (Phi) is 9.63. The van der Waals surface area contributed by atoms with Gasteiger partial charge in [0.15, 0.2) is 8.07 Å². The van der Waals surface area contributed by atoms with Crippen molar-refractivity contribution >= 4 is 73.8 Å². The van der Waals surface area contributed by atoms with Crippen molar-refractivity contribution in [3.63, 3.8) is 0 Å². The van der Waals surface area contributed by atoms with Crippen LogP contribution in [0, 0.1) is 0 Å². The van der Waals surface area contributed by atoms with E-state index < -0.39 is 8.07 Å². The molecule has 336 valence electrons. The molecule has 6 heteroatoms. The van der Waals surface area contributed by atoms with Crippen molar-refractivity contribution in [2.75, 3.05) is 4.90 Å². The maximum atomic E-state index is 4.34. The summed E-state index contributed by atoms with van der Waals surface area (Å²) < 4.78 is 2.54. The first-order valence-corrected chi connectivity index (χ1v) is 27.4. The number of benzene rings is 8. The molecule has 4 heterocycles. The molecule has 13 rings (SSSR count). The molecule has 0 saturated heterocycles. The Balaban J connectivity index is 1.03. The zero-order chi connectivity index (χ0) is 46.5. The summed E-state index contributed by atoms with van der Waals surface area (Å²) in [4.78, 5) is 14.0. The fourth-order valence-electron chi connectivity index (χ4n) is 13.1. The van der Waals surface area contributed by atoms with E-state index in [9.17, 15) is 0 Å². The molecule has 2 aliphatic heterocycles. The van der Waals surface area contributed by atoms with E-state index in [2.05, 4.69) is 235 Å². The minimum Gasteiger partial charge on any atom is -0.334 e. The van der Waals surface area contributed by atoms with E-state index in [1.807, 2.05) is 24.2 Å².